The average Bonchev–Trinajstić information content (AvgIpc) is 3.10. The number of hydrogen-bond donors (Lipinski definition) is 2. The number of nitrogens with zero attached hydrogens (tertiary/aromatic N) is 2. The van der Waals surface area contributed by atoms with Crippen LogP contribution in [0, 0.1) is 5.82 Å². The van der Waals surface area contributed by atoms with E-state index in [-0.39, 0.29) is 55.9 Å². The molecule has 1 aromatic heterocycles. The van der Waals surface area contributed by atoms with Crippen LogP contribution in [-0.2, 0) is 16.1 Å². The third kappa shape index (κ3) is 8.22. The number of ether oxygens (including phenoxy) is 2. The topological polar surface area (TPSA) is 127 Å². The van der Waals surface area contributed by atoms with Crippen LogP contribution in [0.2, 0.25) is 0 Å². The summed E-state index contributed by atoms with van der Waals surface area (Å²) in [5, 5.41) is 5.77. The molecule has 2 atom stereocenters. The minimum absolute atomic E-state index is 0.0219. The van der Waals surface area contributed by atoms with Crippen molar-refractivity contribution in [1.29, 1.82) is 0 Å². The van der Waals surface area contributed by atoms with Crippen LogP contribution < -0.4 is 20.1 Å². The molecule has 2 aliphatic heterocycles. The molecule has 10 nitrogen and oxygen atoms in total. The highest BCUT2D eigenvalue weighted by atomic mass is 19.1. The maximum atomic E-state index is 14.7. The fraction of sp³-hybridized carbons (Fsp3) is 0.270. The molecule has 1 saturated heterocycles. The summed E-state index contributed by atoms with van der Waals surface area (Å²) in [5.41, 5.74) is 2.80. The zero-order valence-corrected chi connectivity index (χ0v) is 26.2. The van der Waals surface area contributed by atoms with Crippen LogP contribution in [0.15, 0.2) is 91.3 Å². The van der Waals surface area contributed by atoms with Gasteiger partial charge in [0.2, 0.25) is 5.91 Å². The maximum absolute atomic E-state index is 14.7. The molecule has 0 spiro atoms. The Morgan fingerprint density at radius 3 is 2.58 bits per heavy atom. The first kappa shape index (κ1) is 32.4. The number of Topliss-reactive ketones (excluding diaryl/α,β-unsaturated/α-hetero) is 1. The summed E-state index contributed by atoms with van der Waals surface area (Å²) in [5.74, 6) is -0.805. The van der Waals surface area contributed by atoms with Gasteiger partial charge in [0.25, 0.3) is 11.8 Å². The molecular weight excluding hydrogens is 615 g/mol. The summed E-state index contributed by atoms with van der Waals surface area (Å²) >= 11 is 0. The Morgan fingerprint density at radius 1 is 0.896 bits per heavy atom. The number of rotatable bonds is 5. The van der Waals surface area contributed by atoms with Crippen molar-refractivity contribution in [3.05, 3.63) is 114 Å². The van der Waals surface area contributed by atoms with E-state index in [0.717, 1.165) is 5.56 Å². The molecule has 4 aromatic rings. The van der Waals surface area contributed by atoms with Crippen molar-refractivity contribution in [3.63, 3.8) is 0 Å². The second-order valence-corrected chi connectivity index (χ2v) is 11.9. The van der Waals surface area contributed by atoms with E-state index >= 15 is 0 Å². The highest BCUT2D eigenvalue weighted by Crippen LogP contribution is 2.26. The summed E-state index contributed by atoms with van der Waals surface area (Å²) < 4.78 is 26.6. The van der Waals surface area contributed by atoms with Gasteiger partial charge in [-0.2, -0.15) is 0 Å². The van der Waals surface area contributed by atoms with Crippen LogP contribution in [0.25, 0.3) is 11.1 Å². The Morgan fingerprint density at radius 2 is 1.73 bits per heavy atom. The van der Waals surface area contributed by atoms with Gasteiger partial charge in [-0.05, 0) is 47.9 Å². The number of carbonyl (C=O) groups excluding carboxylic acids is 4. The van der Waals surface area contributed by atoms with Crippen LogP contribution in [-0.4, -0.2) is 65.2 Å². The van der Waals surface area contributed by atoms with Gasteiger partial charge in [0.05, 0.1) is 11.6 Å². The van der Waals surface area contributed by atoms with Gasteiger partial charge in [-0.1, -0.05) is 42.5 Å². The van der Waals surface area contributed by atoms with Crippen molar-refractivity contribution in [2.75, 3.05) is 19.7 Å². The number of carbonyl (C=O) groups is 4. The second-order valence-electron chi connectivity index (χ2n) is 11.9. The van der Waals surface area contributed by atoms with Crippen molar-refractivity contribution in [2.45, 2.75) is 44.4 Å². The van der Waals surface area contributed by atoms with E-state index in [1.165, 1.54) is 18.3 Å². The molecule has 0 aliphatic carbocycles. The molecule has 246 valence electrons. The quantitative estimate of drug-likeness (QED) is 0.299. The highest BCUT2D eigenvalue weighted by Gasteiger charge is 2.34. The van der Waals surface area contributed by atoms with Gasteiger partial charge in [-0.15, -0.1) is 0 Å². The van der Waals surface area contributed by atoms with Crippen molar-refractivity contribution in [2.24, 2.45) is 0 Å². The van der Waals surface area contributed by atoms with E-state index in [2.05, 4.69) is 15.6 Å². The van der Waals surface area contributed by atoms with E-state index in [0.29, 0.717) is 47.4 Å². The van der Waals surface area contributed by atoms with Crippen molar-refractivity contribution in [1.82, 2.24) is 20.5 Å². The predicted molar refractivity (Wildman–Crippen MR) is 175 cm³/mol. The van der Waals surface area contributed by atoms with Gasteiger partial charge in [-0.25, -0.2) is 4.39 Å². The standard InChI is InChI=1S/C37H35FN4O6/c38-29-14-24-15-31(18-29)48-34-12-13-42(36(45)11-5-10-33(43)25-6-2-1-3-7-25)22-32(34)41-37(46)28-16-27(20-39-21-28)26-8-4-9-30(17-26)47-23-35(44)40-19-24/h1-4,6-9,14-18,20-21,32,34H,5,10-13,19,22-23H2,(H,40,44)(H,41,46)/t32-,34+/m1/s1. The number of amides is 3. The number of ketones is 1. The number of piperidine rings is 1. The third-order valence-corrected chi connectivity index (χ3v) is 8.35. The Labute approximate surface area is 277 Å². The van der Waals surface area contributed by atoms with Gasteiger partial charge >= 0.3 is 0 Å². The smallest absolute Gasteiger partial charge is 0.258 e. The molecule has 2 N–H and O–H groups in total. The fourth-order valence-electron chi connectivity index (χ4n) is 5.87. The first-order chi connectivity index (χ1) is 23.3. The lowest BCUT2D eigenvalue weighted by atomic mass is 9.99. The fourth-order valence-corrected chi connectivity index (χ4v) is 5.87. The van der Waals surface area contributed by atoms with E-state index in [9.17, 15) is 23.6 Å². The SMILES string of the molecule is O=C1COc2cccc(c2)-c2cncc(c2)C(=O)N[C@@H]2CN(C(=O)CCCC(=O)c3ccccc3)CC[C@@H]2Oc2cc(F)cc(c2)CN1. The van der Waals surface area contributed by atoms with Gasteiger partial charge in [-0.3, -0.25) is 24.2 Å². The van der Waals surface area contributed by atoms with E-state index in [1.807, 2.05) is 12.1 Å². The Balaban J connectivity index is 1.23. The summed E-state index contributed by atoms with van der Waals surface area (Å²) in [4.78, 5) is 58.0. The number of aromatic nitrogens is 1. The highest BCUT2D eigenvalue weighted by molar-refractivity contribution is 5.96. The number of nitrogens with one attached hydrogen (secondary N) is 2. The summed E-state index contributed by atoms with van der Waals surface area (Å²) in [6.07, 6.45) is 3.68. The minimum atomic E-state index is -0.643. The monoisotopic (exact) mass is 650 g/mol. The number of halogens is 1. The third-order valence-electron chi connectivity index (χ3n) is 8.35. The lowest BCUT2D eigenvalue weighted by Gasteiger charge is -2.39. The van der Waals surface area contributed by atoms with E-state index in [1.54, 1.807) is 65.7 Å². The number of benzene rings is 3. The first-order valence-electron chi connectivity index (χ1n) is 15.9. The van der Waals surface area contributed by atoms with E-state index in [4.69, 9.17) is 9.47 Å². The Kier molecular flexibility index (Phi) is 10.0. The van der Waals surface area contributed by atoms with Crippen molar-refractivity contribution in [3.8, 4) is 22.6 Å². The summed E-state index contributed by atoms with van der Waals surface area (Å²) in [6, 6.07) is 21.3. The molecule has 3 aromatic carbocycles. The molecule has 2 aliphatic rings. The maximum Gasteiger partial charge on any atom is 0.258 e. The molecule has 6 rings (SSSR count). The molecule has 6 bridgehead atoms. The molecule has 48 heavy (non-hydrogen) atoms. The lowest BCUT2D eigenvalue weighted by Crippen LogP contribution is -2.58. The molecule has 3 heterocycles. The predicted octanol–water partition coefficient (Wildman–Crippen LogP) is 4.73. The average molecular weight is 651 g/mol. The number of hydrogen-bond acceptors (Lipinski definition) is 7. The molecule has 1 fully saturated rings. The number of likely N-dealkylation sites (tertiary alicyclic amines) is 1. The Bertz CT molecular complexity index is 1820. The van der Waals surface area contributed by atoms with Crippen LogP contribution in [0.3, 0.4) is 0 Å². The molecular formula is C37H35FN4O6. The van der Waals surface area contributed by atoms with Crippen LogP contribution in [0.4, 0.5) is 4.39 Å². The van der Waals surface area contributed by atoms with Crippen LogP contribution >= 0.6 is 0 Å². The zero-order valence-electron chi connectivity index (χ0n) is 26.2. The lowest BCUT2D eigenvalue weighted by molar-refractivity contribution is -0.133. The molecule has 0 unspecified atom stereocenters. The molecule has 0 saturated carbocycles. The summed E-state index contributed by atoms with van der Waals surface area (Å²) in [6.45, 7) is 0.319. The van der Waals surface area contributed by atoms with Gasteiger partial charge < -0.3 is 25.0 Å². The molecule has 0 radical (unpaired) electrons. The van der Waals surface area contributed by atoms with Gasteiger partial charge in [0.1, 0.15) is 23.4 Å². The summed E-state index contributed by atoms with van der Waals surface area (Å²) in [7, 11) is 0. The second kappa shape index (κ2) is 14.9. The normalized spacial score (nSPS) is 18.0. The minimum Gasteiger partial charge on any atom is -0.488 e. The van der Waals surface area contributed by atoms with Crippen molar-refractivity contribution >= 4 is 23.5 Å². The van der Waals surface area contributed by atoms with Gasteiger partial charge in [0, 0.05) is 68.5 Å². The van der Waals surface area contributed by atoms with Gasteiger partial charge in [0.15, 0.2) is 12.4 Å². The molecule has 3 amide bonds. The first-order valence-corrected chi connectivity index (χ1v) is 15.9. The van der Waals surface area contributed by atoms with Crippen molar-refractivity contribution < 1.29 is 33.0 Å². The Hall–Kier alpha value is -5.58. The number of pyridine rings is 1. The zero-order chi connectivity index (χ0) is 33.5. The van der Waals surface area contributed by atoms with Crippen LogP contribution in [0.1, 0.15) is 52.0 Å². The molecule has 11 heteroatoms. The van der Waals surface area contributed by atoms with E-state index < -0.39 is 23.9 Å². The largest absolute Gasteiger partial charge is 0.488 e. The number of fused-ring (bicyclic) bond motifs is 8. The van der Waals surface area contributed by atoms with Crippen LogP contribution in [0.5, 0.6) is 11.5 Å².